The third-order valence-corrected chi connectivity index (χ3v) is 3.88. The third kappa shape index (κ3) is 2.56. The van der Waals surface area contributed by atoms with Crippen molar-refractivity contribution in [1.82, 2.24) is 10.2 Å². The Kier molecular flexibility index (Phi) is 3.50. The first-order chi connectivity index (χ1) is 10.2. The topological polar surface area (TPSA) is 64.5 Å². The summed E-state index contributed by atoms with van der Waals surface area (Å²) >= 11 is 1.62. The molecule has 0 saturated carbocycles. The smallest absolute Gasteiger partial charge is 0.126 e. The highest BCUT2D eigenvalue weighted by Gasteiger charge is 2.08. The molecule has 0 aliphatic rings. The van der Waals surface area contributed by atoms with Crippen molar-refractivity contribution < 1.29 is 4.39 Å². The fraction of sp³-hybridized carbons (Fsp3) is 0.0667. The molecular formula is C15H11FN4S. The molecule has 0 saturated heterocycles. The van der Waals surface area contributed by atoms with Gasteiger partial charge in [-0.25, -0.2) is 4.39 Å². The summed E-state index contributed by atoms with van der Waals surface area (Å²) in [6.45, 7) is 0. The molecule has 3 rings (SSSR count). The van der Waals surface area contributed by atoms with Gasteiger partial charge in [0.25, 0.3) is 0 Å². The van der Waals surface area contributed by atoms with Crippen LogP contribution in [0.3, 0.4) is 0 Å². The molecule has 0 atom stereocenters. The van der Waals surface area contributed by atoms with Crippen molar-refractivity contribution in [2.24, 2.45) is 0 Å². The van der Waals surface area contributed by atoms with Gasteiger partial charge < -0.3 is 5.32 Å². The zero-order valence-corrected chi connectivity index (χ0v) is 12.0. The number of benzene rings is 2. The monoisotopic (exact) mass is 298 g/mol. The molecule has 0 fully saturated rings. The van der Waals surface area contributed by atoms with E-state index in [0.717, 1.165) is 21.5 Å². The number of hydrogen-bond acceptors (Lipinski definition) is 4. The lowest BCUT2D eigenvalue weighted by Gasteiger charge is -2.09. The van der Waals surface area contributed by atoms with E-state index in [9.17, 15) is 4.39 Å². The zero-order valence-electron chi connectivity index (χ0n) is 11.1. The summed E-state index contributed by atoms with van der Waals surface area (Å²) in [7, 11) is 0. The molecule has 1 aromatic heterocycles. The van der Waals surface area contributed by atoms with Crippen LogP contribution in [0, 0.1) is 17.1 Å². The maximum Gasteiger partial charge on any atom is 0.126 e. The quantitative estimate of drug-likeness (QED) is 0.716. The molecule has 0 unspecified atom stereocenters. The molecule has 104 valence electrons. The van der Waals surface area contributed by atoms with Gasteiger partial charge in [0.1, 0.15) is 5.82 Å². The molecule has 4 nitrogen and oxygen atoms in total. The van der Waals surface area contributed by atoms with Crippen LogP contribution in [0.25, 0.3) is 10.9 Å². The Labute approximate surface area is 125 Å². The van der Waals surface area contributed by atoms with Crippen LogP contribution in [-0.4, -0.2) is 16.5 Å². The molecule has 6 heteroatoms. The fourth-order valence-electron chi connectivity index (χ4n) is 2.17. The van der Waals surface area contributed by atoms with Crippen LogP contribution >= 0.6 is 11.8 Å². The normalized spacial score (nSPS) is 10.5. The van der Waals surface area contributed by atoms with E-state index < -0.39 is 5.82 Å². The molecule has 1 heterocycles. The molecule has 0 aliphatic heterocycles. The van der Waals surface area contributed by atoms with Crippen molar-refractivity contribution in [2.75, 3.05) is 11.6 Å². The van der Waals surface area contributed by atoms with Crippen molar-refractivity contribution >= 4 is 34.0 Å². The first-order valence-electron chi connectivity index (χ1n) is 6.19. The lowest BCUT2D eigenvalue weighted by Crippen LogP contribution is -1.93. The highest BCUT2D eigenvalue weighted by atomic mass is 32.2. The van der Waals surface area contributed by atoms with Crippen LogP contribution in [0.2, 0.25) is 0 Å². The zero-order chi connectivity index (χ0) is 14.8. The molecule has 0 amide bonds. The number of hydrogen-bond donors (Lipinski definition) is 2. The minimum atomic E-state index is -0.444. The number of nitriles is 1. The number of H-pyrrole nitrogens is 1. The van der Waals surface area contributed by atoms with Gasteiger partial charge in [-0.2, -0.15) is 10.4 Å². The van der Waals surface area contributed by atoms with Gasteiger partial charge in [-0.15, -0.1) is 11.8 Å². The number of fused-ring (bicyclic) bond motifs is 1. The maximum atomic E-state index is 13.5. The second-order valence-electron chi connectivity index (χ2n) is 4.44. The molecule has 0 aliphatic carbocycles. The van der Waals surface area contributed by atoms with Gasteiger partial charge in [0, 0.05) is 21.7 Å². The SMILES string of the molecule is CSc1ccc(Nc2cc(F)cc(C#N)c2)c2cn[nH]c12. The number of nitrogens with zero attached hydrogens (tertiary/aromatic N) is 2. The largest absolute Gasteiger partial charge is 0.355 e. The predicted octanol–water partition coefficient (Wildman–Crippen LogP) is 4.04. The summed E-state index contributed by atoms with van der Waals surface area (Å²) in [5.41, 5.74) is 2.56. The number of anilines is 2. The van der Waals surface area contributed by atoms with Gasteiger partial charge >= 0.3 is 0 Å². The second-order valence-corrected chi connectivity index (χ2v) is 5.29. The van der Waals surface area contributed by atoms with E-state index in [1.165, 1.54) is 12.1 Å². The van der Waals surface area contributed by atoms with Gasteiger partial charge in [0.15, 0.2) is 0 Å². The van der Waals surface area contributed by atoms with Crippen molar-refractivity contribution in [2.45, 2.75) is 4.90 Å². The van der Waals surface area contributed by atoms with Crippen molar-refractivity contribution in [3.05, 3.63) is 47.9 Å². The highest BCUT2D eigenvalue weighted by molar-refractivity contribution is 7.98. The highest BCUT2D eigenvalue weighted by Crippen LogP contribution is 2.32. The number of rotatable bonds is 3. The van der Waals surface area contributed by atoms with E-state index >= 15 is 0 Å². The number of halogens is 1. The van der Waals surface area contributed by atoms with Crippen LogP contribution in [0.5, 0.6) is 0 Å². The van der Waals surface area contributed by atoms with Crippen LogP contribution in [0.1, 0.15) is 5.56 Å². The summed E-state index contributed by atoms with van der Waals surface area (Å²) in [6.07, 6.45) is 3.72. The van der Waals surface area contributed by atoms with Gasteiger partial charge in [-0.3, -0.25) is 5.10 Å². The van der Waals surface area contributed by atoms with Crippen LogP contribution in [0.4, 0.5) is 15.8 Å². The van der Waals surface area contributed by atoms with Gasteiger partial charge in [0.2, 0.25) is 0 Å². The molecule has 3 aromatic rings. The van der Waals surface area contributed by atoms with Gasteiger partial charge in [-0.1, -0.05) is 0 Å². The average Bonchev–Trinajstić information content (AvgIpc) is 2.97. The molecule has 21 heavy (non-hydrogen) atoms. The first kappa shape index (κ1) is 13.5. The number of thioether (sulfide) groups is 1. The van der Waals surface area contributed by atoms with Crippen molar-refractivity contribution in [3.8, 4) is 6.07 Å². The van der Waals surface area contributed by atoms with Crippen LogP contribution in [-0.2, 0) is 0 Å². The van der Waals surface area contributed by atoms with Gasteiger partial charge in [0.05, 0.1) is 23.3 Å². The summed E-state index contributed by atoms with van der Waals surface area (Å²) in [6, 6.07) is 10.00. The minimum Gasteiger partial charge on any atom is -0.355 e. The Bertz CT molecular complexity index is 850. The summed E-state index contributed by atoms with van der Waals surface area (Å²) < 4.78 is 13.5. The predicted molar refractivity (Wildman–Crippen MR) is 82.3 cm³/mol. The Morgan fingerprint density at radius 2 is 2.19 bits per heavy atom. The molecular weight excluding hydrogens is 287 g/mol. The third-order valence-electron chi connectivity index (χ3n) is 3.10. The van der Waals surface area contributed by atoms with Crippen LogP contribution in [0.15, 0.2) is 41.4 Å². The second kappa shape index (κ2) is 5.46. The molecule has 0 spiro atoms. The van der Waals surface area contributed by atoms with E-state index in [0.29, 0.717) is 5.69 Å². The van der Waals surface area contributed by atoms with Gasteiger partial charge in [-0.05, 0) is 36.6 Å². The molecule has 0 bridgehead atoms. The van der Waals surface area contributed by atoms with Crippen molar-refractivity contribution in [3.63, 3.8) is 0 Å². The molecule has 2 N–H and O–H groups in total. The van der Waals surface area contributed by atoms with E-state index in [-0.39, 0.29) is 5.56 Å². The lowest BCUT2D eigenvalue weighted by molar-refractivity contribution is 0.628. The molecule has 2 aromatic carbocycles. The summed E-state index contributed by atoms with van der Waals surface area (Å²) in [4.78, 5) is 1.09. The Balaban J connectivity index is 2.05. The maximum absolute atomic E-state index is 13.5. The van der Waals surface area contributed by atoms with Crippen molar-refractivity contribution in [1.29, 1.82) is 5.26 Å². The summed E-state index contributed by atoms with van der Waals surface area (Å²) in [5, 5.41) is 20.0. The molecule has 0 radical (unpaired) electrons. The average molecular weight is 298 g/mol. The van der Waals surface area contributed by atoms with E-state index in [2.05, 4.69) is 15.5 Å². The lowest BCUT2D eigenvalue weighted by atomic mass is 10.2. The fourth-order valence-corrected chi connectivity index (χ4v) is 2.74. The van der Waals surface area contributed by atoms with E-state index in [1.54, 1.807) is 24.0 Å². The summed E-state index contributed by atoms with van der Waals surface area (Å²) in [5.74, 6) is -0.444. The van der Waals surface area contributed by atoms with E-state index in [4.69, 9.17) is 5.26 Å². The standard InChI is InChI=1S/C15H11FN4S/c1-21-14-3-2-13(12-8-18-20-15(12)14)19-11-5-9(7-17)4-10(16)6-11/h2-6,8,19H,1H3,(H,18,20). The number of aromatic amines is 1. The number of nitrogens with one attached hydrogen (secondary N) is 2. The Morgan fingerprint density at radius 1 is 1.33 bits per heavy atom. The Hall–Kier alpha value is -2.52. The Morgan fingerprint density at radius 3 is 2.95 bits per heavy atom. The van der Waals surface area contributed by atoms with E-state index in [1.807, 2.05) is 24.5 Å². The van der Waals surface area contributed by atoms with Crippen LogP contribution < -0.4 is 5.32 Å². The minimum absolute atomic E-state index is 0.279. The first-order valence-corrected chi connectivity index (χ1v) is 7.41. The number of aromatic nitrogens is 2.